The van der Waals surface area contributed by atoms with Gasteiger partial charge in [0.2, 0.25) is 5.75 Å². The summed E-state index contributed by atoms with van der Waals surface area (Å²) < 4.78 is 10.4. The predicted molar refractivity (Wildman–Crippen MR) is 44.4 cm³/mol. The lowest BCUT2D eigenvalue weighted by molar-refractivity contribution is -0.616. The highest BCUT2D eigenvalue weighted by Crippen LogP contribution is 2.27. The molecule has 0 aliphatic rings. The van der Waals surface area contributed by atoms with E-state index in [9.17, 15) is 5.21 Å². The zero-order chi connectivity index (χ0) is 9.84. The molecule has 1 aromatic rings. The molecule has 0 spiro atoms. The fourth-order valence-electron chi connectivity index (χ4n) is 1.06. The van der Waals surface area contributed by atoms with Crippen LogP contribution in [0.1, 0.15) is 5.69 Å². The first-order chi connectivity index (χ1) is 6.24. The molecule has 0 aliphatic carbocycles. The van der Waals surface area contributed by atoms with E-state index in [1.165, 1.54) is 26.5 Å². The molecule has 0 bridgehead atoms. The third-order valence-corrected chi connectivity index (χ3v) is 1.69. The van der Waals surface area contributed by atoms with E-state index in [-0.39, 0.29) is 18.1 Å². The fraction of sp³-hybridized carbons (Fsp3) is 0.375. The third kappa shape index (κ3) is 1.65. The van der Waals surface area contributed by atoms with Crippen molar-refractivity contribution in [1.82, 2.24) is 0 Å². The van der Waals surface area contributed by atoms with Crippen LogP contribution in [0.4, 0.5) is 0 Å². The Bertz CT molecular complexity index is 300. The Morgan fingerprint density at radius 1 is 1.46 bits per heavy atom. The SMILES string of the molecule is COc1cc[n+]([O-])c(CO)c1OC. The molecule has 72 valence electrons. The predicted octanol–water partition coefficient (Wildman–Crippen LogP) is -0.171. The lowest BCUT2D eigenvalue weighted by Crippen LogP contribution is -2.31. The van der Waals surface area contributed by atoms with Crippen molar-refractivity contribution in [3.05, 3.63) is 23.2 Å². The normalized spacial score (nSPS) is 9.77. The second-order valence-electron chi connectivity index (χ2n) is 2.35. The van der Waals surface area contributed by atoms with Gasteiger partial charge in [-0.1, -0.05) is 0 Å². The van der Waals surface area contributed by atoms with Crippen molar-refractivity contribution >= 4 is 0 Å². The van der Waals surface area contributed by atoms with Crippen LogP contribution in [0, 0.1) is 5.21 Å². The van der Waals surface area contributed by atoms with Gasteiger partial charge in [0.1, 0.15) is 6.61 Å². The van der Waals surface area contributed by atoms with Gasteiger partial charge in [-0.2, -0.15) is 4.73 Å². The Hall–Kier alpha value is -1.49. The van der Waals surface area contributed by atoms with Gasteiger partial charge in [0.15, 0.2) is 11.9 Å². The molecule has 0 fully saturated rings. The van der Waals surface area contributed by atoms with Crippen molar-refractivity contribution in [3.8, 4) is 11.5 Å². The standard InChI is InChI=1S/C8H11NO4/c1-12-7-3-4-9(11)6(5-10)8(7)13-2/h3-4,10H,5H2,1-2H3. The molecule has 5 heteroatoms. The first kappa shape index (κ1) is 9.60. The summed E-state index contributed by atoms with van der Waals surface area (Å²) >= 11 is 0. The van der Waals surface area contributed by atoms with Crippen LogP contribution < -0.4 is 14.2 Å². The topological polar surface area (TPSA) is 65.6 Å². The quantitative estimate of drug-likeness (QED) is 0.524. The van der Waals surface area contributed by atoms with Gasteiger partial charge in [0.25, 0.3) is 5.69 Å². The van der Waals surface area contributed by atoms with E-state index < -0.39 is 0 Å². The number of aliphatic hydroxyl groups is 1. The number of nitrogens with zero attached hydrogens (tertiary/aromatic N) is 1. The molecule has 5 nitrogen and oxygen atoms in total. The van der Waals surface area contributed by atoms with Gasteiger partial charge in [-0.15, -0.1) is 0 Å². The van der Waals surface area contributed by atoms with E-state index in [1.54, 1.807) is 0 Å². The van der Waals surface area contributed by atoms with Crippen molar-refractivity contribution in [3.63, 3.8) is 0 Å². The highest BCUT2D eigenvalue weighted by molar-refractivity contribution is 5.40. The molecule has 1 heterocycles. The molecular weight excluding hydrogens is 174 g/mol. The molecule has 0 amide bonds. The molecular formula is C8H11NO4. The van der Waals surface area contributed by atoms with Crippen molar-refractivity contribution in [2.24, 2.45) is 0 Å². The van der Waals surface area contributed by atoms with E-state index in [0.717, 1.165) is 0 Å². The highest BCUT2D eigenvalue weighted by Gasteiger charge is 2.17. The Kier molecular flexibility index (Phi) is 2.92. The second-order valence-corrected chi connectivity index (χ2v) is 2.35. The third-order valence-electron chi connectivity index (χ3n) is 1.69. The first-order valence-electron chi connectivity index (χ1n) is 3.68. The maximum atomic E-state index is 11.1. The molecule has 1 rings (SSSR count). The molecule has 0 saturated heterocycles. The van der Waals surface area contributed by atoms with Gasteiger partial charge < -0.3 is 19.8 Å². The largest absolute Gasteiger partial charge is 0.618 e. The van der Waals surface area contributed by atoms with Gasteiger partial charge in [0.05, 0.1) is 14.2 Å². The maximum Gasteiger partial charge on any atom is 0.264 e. The summed E-state index contributed by atoms with van der Waals surface area (Å²) in [6.45, 7) is -0.385. The number of aromatic nitrogens is 1. The number of methoxy groups -OCH3 is 2. The summed E-state index contributed by atoms with van der Waals surface area (Å²) in [4.78, 5) is 0. The van der Waals surface area contributed by atoms with Crippen LogP contribution in [-0.4, -0.2) is 19.3 Å². The van der Waals surface area contributed by atoms with Gasteiger partial charge >= 0.3 is 0 Å². The van der Waals surface area contributed by atoms with Crippen LogP contribution in [0.3, 0.4) is 0 Å². The van der Waals surface area contributed by atoms with E-state index >= 15 is 0 Å². The lowest BCUT2D eigenvalue weighted by Gasteiger charge is -2.10. The van der Waals surface area contributed by atoms with Crippen molar-refractivity contribution in [1.29, 1.82) is 0 Å². The summed E-state index contributed by atoms with van der Waals surface area (Å²) in [5.74, 6) is 0.696. The molecule has 0 unspecified atom stereocenters. The van der Waals surface area contributed by atoms with Crippen LogP contribution in [-0.2, 0) is 6.61 Å². The van der Waals surface area contributed by atoms with Crippen LogP contribution in [0.5, 0.6) is 11.5 Å². The number of hydrogen-bond donors (Lipinski definition) is 1. The summed E-state index contributed by atoms with van der Waals surface area (Å²) in [7, 11) is 2.88. The molecule has 1 N–H and O–H groups in total. The molecule has 0 aromatic carbocycles. The van der Waals surface area contributed by atoms with Crippen LogP contribution in [0.15, 0.2) is 12.3 Å². The van der Waals surface area contributed by atoms with Crippen molar-refractivity contribution < 1.29 is 19.3 Å². The van der Waals surface area contributed by atoms with E-state index in [0.29, 0.717) is 10.5 Å². The minimum atomic E-state index is -0.385. The minimum absolute atomic E-state index is 0.141. The second kappa shape index (κ2) is 3.95. The van der Waals surface area contributed by atoms with Crippen LogP contribution >= 0.6 is 0 Å². The number of aliphatic hydroxyl groups excluding tert-OH is 1. The highest BCUT2D eigenvalue weighted by atomic mass is 16.5. The number of ether oxygens (including phenoxy) is 2. The van der Waals surface area contributed by atoms with Gasteiger partial charge in [0, 0.05) is 6.07 Å². The zero-order valence-corrected chi connectivity index (χ0v) is 7.48. The molecule has 0 atom stereocenters. The molecule has 0 radical (unpaired) electrons. The fourth-order valence-corrected chi connectivity index (χ4v) is 1.06. The van der Waals surface area contributed by atoms with Crippen molar-refractivity contribution in [2.45, 2.75) is 6.61 Å². The van der Waals surface area contributed by atoms with Crippen LogP contribution in [0.25, 0.3) is 0 Å². The smallest absolute Gasteiger partial charge is 0.264 e. The first-order valence-corrected chi connectivity index (χ1v) is 3.68. The lowest BCUT2D eigenvalue weighted by atomic mass is 10.3. The summed E-state index contributed by atoms with van der Waals surface area (Å²) in [6.07, 6.45) is 1.26. The Morgan fingerprint density at radius 2 is 2.15 bits per heavy atom. The zero-order valence-electron chi connectivity index (χ0n) is 7.48. The number of rotatable bonds is 3. The molecule has 13 heavy (non-hydrogen) atoms. The van der Waals surface area contributed by atoms with E-state index in [4.69, 9.17) is 14.6 Å². The Balaban J connectivity index is 3.27. The Labute approximate surface area is 75.7 Å². The molecule has 0 saturated carbocycles. The minimum Gasteiger partial charge on any atom is -0.618 e. The average Bonchev–Trinajstić information content (AvgIpc) is 2.17. The number of hydrogen-bond acceptors (Lipinski definition) is 4. The maximum absolute atomic E-state index is 11.1. The molecule has 1 aromatic heterocycles. The van der Waals surface area contributed by atoms with Gasteiger partial charge in [-0.25, -0.2) is 0 Å². The number of pyridine rings is 1. The van der Waals surface area contributed by atoms with Gasteiger partial charge in [-0.3, -0.25) is 0 Å². The summed E-state index contributed by atoms with van der Waals surface area (Å²) in [5.41, 5.74) is 0.141. The van der Waals surface area contributed by atoms with E-state index in [2.05, 4.69) is 0 Å². The summed E-state index contributed by atoms with van der Waals surface area (Å²) in [5, 5.41) is 20.0. The van der Waals surface area contributed by atoms with Gasteiger partial charge in [-0.05, 0) is 0 Å². The Morgan fingerprint density at radius 3 is 2.62 bits per heavy atom. The molecule has 0 aliphatic heterocycles. The van der Waals surface area contributed by atoms with Crippen molar-refractivity contribution in [2.75, 3.05) is 14.2 Å². The van der Waals surface area contributed by atoms with Crippen LogP contribution in [0.2, 0.25) is 0 Å². The van der Waals surface area contributed by atoms with E-state index in [1.807, 2.05) is 0 Å². The monoisotopic (exact) mass is 185 g/mol. The summed E-state index contributed by atoms with van der Waals surface area (Å²) in [6, 6.07) is 1.48. The average molecular weight is 185 g/mol.